The Morgan fingerprint density at radius 2 is 1.76 bits per heavy atom. The molecule has 33 heavy (non-hydrogen) atoms. The van der Waals surface area contributed by atoms with Crippen molar-refractivity contribution in [1.29, 1.82) is 0 Å². The standard InChI is InChI=1S/C22H18Cl2F3NO4S/c1-12-4-13(2-3-19(12)20(29)28-18-10-33(30,31)11-18)14-8-21(32-9-14,22(25,26)27)15-5-16(23)7-17(24)6-15/h2-7,9,18H,8,10-11H2,1H3,(H,28,29). The van der Waals surface area contributed by atoms with Crippen molar-refractivity contribution in [1.82, 2.24) is 5.32 Å². The third-order valence-electron chi connectivity index (χ3n) is 5.72. The molecule has 11 heteroatoms. The minimum absolute atomic E-state index is 0.0589. The maximum absolute atomic E-state index is 14.2. The molecule has 0 aromatic heterocycles. The maximum Gasteiger partial charge on any atom is 0.432 e. The second-order valence-electron chi connectivity index (χ2n) is 8.20. The molecule has 2 aliphatic rings. The summed E-state index contributed by atoms with van der Waals surface area (Å²) in [5.74, 6) is -0.644. The van der Waals surface area contributed by atoms with Crippen molar-refractivity contribution in [2.24, 2.45) is 0 Å². The van der Waals surface area contributed by atoms with E-state index in [0.717, 1.165) is 6.26 Å². The van der Waals surface area contributed by atoms with E-state index in [1.165, 1.54) is 30.3 Å². The van der Waals surface area contributed by atoms with Gasteiger partial charge in [-0.1, -0.05) is 35.3 Å². The number of ether oxygens (including phenoxy) is 1. The fourth-order valence-corrected chi connectivity index (χ4v) is 5.83. The van der Waals surface area contributed by atoms with Crippen LogP contribution in [0.5, 0.6) is 0 Å². The molecule has 0 radical (unpaired) electrons. The third kappa shape index (κ3) is 4.58. The summed E-state index contributed by atoms with van der Waals surface area (Å²) in [6.07, 6.45) is -4.19. The van der Waals surface area contributed by atoms with Gasteiger partial charge in [-0.05, 0) is 47.9 Å². The summed E-state index contributed by atoms with van der Waals surface area (Å²) < 4.78 is 70.3. The molecule has 0 bridgehead atoms. The lowest BCUT2D eigenvalue weighted by Crippen LogP contribution is -2.53. The van der Waals surface area contributed by atoms with Gasteiger partial charge in [0.05, 0.1) is 23.8 Å². The minimum Gasteiger partial charge on any atom is -0.480 e. The van der Waals surface area contributed by atoms with E-state index in [9.17, 15) is 26.4 Å². The second kappa shape index (κ2) is 8.21. The molecule has 0 spiro atoms. The first-order valence-corrected chi connectivity index (χ1v) is 12.4. The van der Waals surface area contributed by atoms with Crippen LogP contribution in [0, 0.1) is 6.92 Å². The predicted octanol–water partition coefficient (Wildman–Crippen LogP) is 5.05. The molecule has 176 valence electrons. The lowest BCUT2D eigenvalue weighted by atomic mass is 9.85. The van der Waals surface area contributed by atoms with Crippen LogP contribution in [-0.4, -0.2) is 38.0 Å². The zero-order valence-electron chi connectivity index (χ0n) is 17.2. The molecule has 2 aromatic rings. The normalized spacial score (nSPS) is 22.3. The van der Waals surface area contributed by atoms with E-state index in [0.29, 0.717) is 22.3 Å². The first-order valence-electron chi connectivity index (χ1n) is 9.82. The van der Waals surface area contributed by atoms with Crippen molar-refractivity contribution in [3.05, 3.63) is 75.0 Å². The number of alkyl halides is 3. The summed E-state index contributed by atoms with van der Waals surface area (Å²) in [6.45, 7) is 1.65. The van der Waals surface area contributed by atoms with Crippen LogP contribution >= 0.6 is 23.2 Å². The summed E-state index contributed by atoms with van der Waals surface area (Å²) in [4.78, 5) is 12.5. The van der Waals surface area contributed by atoms with E-state index in [2.05, 4.69) is 5.32 Å². The summed E-state index contributed by atoms with van der Waals surface area (Å²) in [7, 11) is -3.08. The van der Waals surface area contributed by atoms with Gasteiger partial charge in [0, 0.05) is 27.6 Å². The minimum atomic E-state index is -4.75. The Morgan fingerprint density at radius 3 is 2.30 bits per heavy atom. The molecule has 1 N–H and O–H groups in total. The van der Waals surface area contributed by atoms with Crippen LogP contribution in [0.2, 0.25) is 10.0 Å². The number of carbonyl (C=O) groups is 1. The highest BCUT2D eigenvalue weighted by Crippen LogP contribution is 2.52. The van der Waals surface area contributed by atoms with Crippen LogP contribution in [0.15, 0.2) is 42.7 Å². The van der Waals surface area contributed by atoms with Crippen LogP contribution in [0.4, 0.5) is 13.2 Å². The molecule has 1 atom stereocenters. The number of nitrogens with one attached hydrogen (secondary N) is 1. The maximum atomic E-state index is 14.2. The smallest absolute Gasteiger partial charge is 0.432 e. The van der Waals surface area contributed by atoms with Crippen LogP contribution < -0.4 is 5.32 Å². The molecular formula is C22H18Cl2F3NO4S. The van der Waals surface area contributed by atoms with E-state index in [-0.39, 0.29) is 27.1 Å². The number of rotatable bonds is 4. The molecule has 0 aliphatic carbocycles. The predicted molar refractivity (Wildman–Crippen MR) is 119 cm³/mol. The molecular weight excluding hydrogens is 502 g/mol. The Morgan fingerprint density at radius 1 is 1.12 bits per heavy atom. The number of hydrogen-bond donors (Lipinski definition) is 1. The van der Waals surface area contributed by atoms with Crippen molar-refractivity contribution >= 4 is 44.5 Å². The highest BCUT2D eigenvalue weighted by molar-refractivity contribution is 7.92. The fraction of sp³-hybridized carbons (Fsp3) is 0.318. The molecule has 2 heterocycles. The highest BCUT2D eigenvalue weighted by atomic mass is 35.5. The highest BCUT2D eigenvalue weighted by Gasteiger charge is 2.60. The first kappa shape index (κ1) is 23.9. The Bertz CT molecular complexity index is 1240. The van der Waals surface area contributed by atoms with E-state index >= 15 is 0 Å². The monoisotopic (exact) mass is 519 g/mol. The summed E-state index contributed by atoms with van der Waals surface area (Å²) in [5.41, 5.74) is -1.24. The molecule has 2 aliphatic heterocycles. The number of amides is 1. The molecule has 2 aromatic carbocycles. The van der Waals surface area contributed by atoms with Gasteiger partial charge in [0.15, 0.2) is 9.84 Å². The van der Waals surface area contributed by atoms with Gasteiger partial charge in [0.2, 0.25) is 5.60 Å². The average Bonchev–Trinajstić information content (AvgIpc) is 3.12. The second-order valence-corrected chi connectivity index (χ2v) is 11.2. The van der Waals surface area contributed by atoms with Crippen LogP contribution in [-0.2, 0) is 20.2 Å². The quantitative estimate of drug-likeness (QED) is 0.613. The molecule has 1 fully saturated rings. The topological polar surface area (TPSA) is 72.5 Å². The molecule has 1 saturated heterocycles. The van der Waals surface area contributed by atoms with Gasteiger partial charge in [-0.15, -0.1) is 0 Å². The average molecular weight is 520 g/mol. The zero-order valence-corrected chi connectivity index (χ0v) is 19.5. The summed E-state index contributed by atoms with van der Waals surface area (Å²) in [5, 5.41) is 2.77. The van der Waals surface area contributed by atoms with Crippen molar-refractivity contribution < 1.29 is 31.1 Å². The SMILES string of the molecule is Cc1cc(C2=COC(c3cc(Cl)cc(Cl)c3)(C(F)(F)F)C2)ccc1C(=O)NC1CS(=O)(=O)C1. The van der Waals surface area contributed by atoms with Gasteiger partial charge < -0.3 is 10.1 Å². The Labute approximate surface area is 198 Å². The lowest BCUT2D eigenvalue weighted by molar-refractivity contribution is -0.260. The molecule has 0 saturated carbocycles. The van der Waals surface area contributed by atoms with Gasteiger partial charge in [-0.2, -0.15) is 13.2 Å². The number of halogens is 5. The van der Waals surface area contributed by atoms with Gasteiger partial charge in [0.1, 0.15) is 0 Å². The van der Waals surface area contributed by atoms with Crippen molar-refractivity contribution in [3.8, 4) is 0 Å². The molecule has 1 amide bonds. The fourth-order valence-electron chi connectivity index (χ4n) is 4.01. The Kier molecular flexibility index (Phi) is 5.95. The number of sulfone groups is 1. The Balaban J connectivity index is 1.57. The largest absolute Gasteiger partial charge is 0.480 e. The lowest BCUT2D eigenvalue weighted by Gasteiger charge is -2.32. The van der Waals surface area contributed by atoms with E-state index in [1.807, 2.05) is 0 Å². The van der Waals surface area contributed by atoms with Crippen molar-refractivity contribution in [2.75, 3.05) is 11.5 Å². The Hall–Kier alpha value is -2.23. The molecule has 4 rings (SSSR count). The molecule has 1 unspecified atom stereocenters. The summed E-state index contributed by atoms with van der Waals surface area (Å²) in [6, 6.07) is 7.88. The van der Waals surface area contributed by atoms with Gasteiger partial charge in [-0.25, -0.2) is 8.42 Å². The van der Waals surface area contributed by atoms with Gasteiger partial charge >= 0.3 is 6.18 Å². The number of benzene rings is 2. The zero-order chi connectivity index (χ0) is 24.2. The number of aryl methyl sites for hydroxylation is 1. The summed E-state index contributed by atoms with van der Waals surface area (Å²) >= 11 is 11.9. The van der Waals surface area contributed by atoms with Crippen molar-refractivity contribution in [2.45, 2.75) is 31.2 Å². The number of carbonyl (C=O) groups excluding carboxylic acids is 1. The van der Waals surface area contributed by atoms with Gasteiger partial charge in [0.25, 0.3) is 5.91 Å². The van der Waals surface area contributed by atoms with Crippen LogP contribution in [0.1, 0.15) is 33.5 Å². The van der Waals surface area contributed by atoms with E-state index in [1.54, 1.807) is 13.0 Å². The van der Waals surface area contributed by atoms with Crippen molar-refractivity contribution in [3.63, 3.8) is 0 Å². The van der Waals surface area contributed by atoms with E-state index < -0.39 is 40.0 Å². The number of hydrogen-bond acceptors (Lipinski definition) is 4. The molecule has 5 nitrogen and oxygen atoms in total. The van der Waals surface area contributed by atoms with Crippen LogP contribution in [0.25, 0.3) is 5.57 Å². The van der Waals surface area contributed by atoms with Crippen LogP contribution in [0.3, 0.4) is 0 Å². The third-order valence-corrected chi connectivity index (χ3v) is 7.97. The van der Waals surface area contributed by atoms with E-state index in [4.69, 9.17) is 27.9 Å². The van der Waals surface area contributed by atoms with Gasteiger partial charge in [-0.3, -0.25) is 4.79 Å². The first-order chi connectivity index (χ1) is 15.3.